The molecule has 2 N–H and O–H groups in total. The van der Waals surface area contributed by atoms with Crippen LogP contribution in [0.15, 0.2) is 109 Å². The molecule has 0 fully saturated rings. The van der Waals surface area contributed by atoms with Crippen LogP contribution in [-0.2, 0) is 30.8 Å². The Bertz CT molecular complexity index is 1280. The van der Waals surface area contributed by atoms with Crippen LogP contribution in [0.3, 0.4) is 0 Å². The molecule has 4 rings (SSSR count). The predicted molar refractivity (Wildman–Crippen MR) is 166 cm³/mol. The van der Waals surface area contributed by atoms with Crippen LogP contribution in [0.4, 0.5) is 0 Å². The number of benzene rings is 4. The van der Waals surface area contributed by atoms with E-state index in [1.165, 1.54) is 5.56 Å². The average Bonchev–Trinajstić information content (AvgIpc) is 3.02. The van der Waals surface area contributed by atoms with Crippen molar-refractivity contribution in [1.82, 2.24) is 10.6 Å². The summed E-state index contributed by atoms with van der Waals surface area (Å²) in [5, 5.41) is 6.57. The van der Waals surface area contributed by atoms with Crippen molar-refractivity contribution in [3.63, 3.8) is 0 Å². The Morgan fingerprint density at radius 2 is 1.12 bits per heavy atom. The van der Waals surface area contributed by atoms with Gasteiger partial charge in [0, 0.05) is 13.0 Å². The van der Waals surface area contributed by atoms with Gasteiger partial charge in [-0.2, -0.15) is 0 Å². The molecule has 5 nitrogen and oxygen atoms in total. The zero-order valence-electron chi connectivity index (χ0n) is 23.9. The first kappa shape index (κ1) is 29.9. The Labute approximate surface area is 244 Å². The normalized spacial score (nSPS) is 10.7. The summed E-state index contributed by atoms with van der Waals surface area (Å²) in [6, 6.07) is 36.8. The number of hydrogen-bond acceptors (Lipinski definition) is 4. The van der Waals surface area contributed by atoms with Gasteiger partial charge in [-0.3, -0.25) is 4.79 Å². The van der Waals surface area contributed by atoms with Crippen molar-refractivity contribution in [2.24, 2.45) is 0 Å². The molecule has 0 aromatic heterocycles. The topological polar surface area (TPSA) is 59.6 Å². The third kappa shape index (κ3) is 11.5. The molecule has 41 heavy (non-hydrogen) atoms. The number of ether oxygens (including phenoxy) is 2. The molecule has 0 aliphatic heterocycles. The lowest BCUT2D eigenvalue weighted by Gasteiger charge is -2.15. The summed E-state index contributed by atoms with van der Waals surface area (Å²) in [5.74, 6) is 1.54. The van der Waals surface area contributed by atoms with Gasteiger partial charge in [0.2, 0.25) is 5.91 Å². The van der Waals surface area contributed by atoms with Crippen LogP contribution in [0.2, 0.25) is 0 Å². The Morgan fingerprint density at radius 3 is 1.78 bits per heavy atom. The number of carbonyl (C=O) groups is 1. The third-order valence-corrected chi connectivity index (χ3v) is 6.91. The average molecular weight is 551 g/mol. The number of carbonyl (C=O) groups excluding carboxylic acids is 1. The monoisotopic (exact) mass is 550 g/mol. The van der Waals surface area contributed by atoms with E-state index in [4.69, 9.17) is 9.47 Å². The van der Waals surface area contributed by atoms with Crippen molar-refractivity contribution in [2.45, 2.75) is 51.7 Å². The fourth-order valence-electron chi connectivity index (χ4n) is 4.56. The second kappa shape index (κ2) is 17.6. The summed E-state index contributed by atoms with van der Waals surface area (Å²) >= 11 is 0. The lowest BCUT2D eigenvalue weighted by molar-refractivity contribution is -0.121. The van der Waals surface area contributed by atoms with Crippen molar-refractivity contribution >= 4 is 5.91 Å². The van der Waals surface area contributed by atoms with Crippen molar-refractivity contribution in [3.8, 4) is 11.5 Å². The van der Waals surface area contributed by atoms with Gasteiger partial charge in [0.05, 0.1) is 0 Å². The summed E-state index contributed by atoms with van der Waals surface area (Å²) in [6.45, 7) is 3.52. The molecule has 0 bridgehead atoms. The standard InChI is InChI=1S/C36H42N2O3/c39-36(19-11-4-12-24-37-25-22-30-13-5-1-6-14-30)38-26-23-31-20-21-34(40-28-32-15-7-2-8-16-32)35(27-31)41-29-33-17-9-3-10-18-33/h1-3,5-10,13-18,20-21,27,37H,4,11-12,19,22-26,28-29H2,(H,38,39). The molecule has 1 amide bonds. The summed E-state index contributed by atoms with van der Waals surface area (Å²) in [5.41, 5.74) is 4.66. The molecule has 4 aromatic carbocycles. The highest BCUT2D eigenvalue weighted by Gasteiger charge is 2.09. The summed E-state index contributed by atoms with van der Waals surface area (Å²) in [4.78, 5) is 12.4. The molecular formula is C36H42N2O3. The van der Waals surface area contributed by atoms with E-state index in [2.05, 4.69) is 34.9 Å². The molecule has 0 unspecified atom stereocenters. The summed E-state index contributed by atoms with van der Waals surface area (Å²) in [6.07, 6.45) is 5.41. The molecule has 0 aliphatic carbocycles. The quantitative estimate of drug-likeness (QED) is 0.132. The number of nitrogens with one attached hydrogen (secondary N) is 2. The van der Waals surface area contributed by atoms with Crippen molar-refractivity contribution in [2.75, 3.05) is 19.6 Å². The van der Waals surface area contributed by atoms with Crippen LogP contribution >= 0.6 is 0 Å². The number of amides is 1. The Hall–Kier alpha value is -4.09. The maximum absolute atomic E-state index is 12.4. The van der Waals surface area contributed by atoms with Crippen LogP contribution < -0.4 is 20.1 Å². The number of hydrogen-bond donors (Lipinski definition) is 2. The maximum Gasteiger partial charge on any atom is 0.220 e. The minimum Gasteiger partial charge on any atom is -0.485 e. The number of unbranched alkanes of at least 4 members (excludes halogenated alkanes) is 2. The molecule has 4 aromatic rings. The van der Waals surface area contributed by atoms with Gasteiger partial charge in [0.15, 0.2) is 11.5 Å². The fraction of sp³-hybridized carbons (Fsp3) is 0.306. The smallest absolute Gasteiger partial charge is 0.220 e. The van der Waals surface area contributed by atoms with Gasteiger partial charge in [0.25, 0.3) is 0 Å². The van der Waals surface area contributed by atoms with Crippen LogP contribution in [0.1, 0.15) is 47.9 Å². The minimum atomic E-state index is 0.116. The molecule has 0 saturated carbocycles. The largest absolute Gasteiger partial charge is 0.485 e. The molecule has 0 heterocycles. The summed E-state index contributed by atoms with van der Waals surface area (Å²) in [7, 11) is 0. The van der Waals surface area contributed by atoms with Gasteiger partial charge < -0.3 is 20.1 Å². The lowest BCUT2D eigenvalue weighted by atomic mass is 10.1. The third-order valence-electron chi connectivity index (χ3n) is 6.91. The van der Waals surface area contributed by atoms with Gasteiger partial charge >= 0.3 is 0 Å². The first-order valence-electron chi connectivity index (χ1n) is 14.7. The first-order chi connectivity index (χ1) is 20.3. The SMILES string of the molecule is O=C(CCCCCNCCc1ccccc1)NCCc1ccc(OCc2ccccc2)c(OCc2ccccc2)c1. The highest BCUT2D eigenvalue weighted by atomic mass is 16.5. The van der Waals surface area contributed by atoms with Gasteiger partial charge in [-0.1, -0.05) is 103 Å². The first-order valence-corrected chi connectivity index (χ1v) is 14.7. The number of rotatable bonds is 18. The van der Waals surface area contributed by atoms with Crippen molar-refractivity contribution in [1.29, 1.82) is 0 Å². The van der Waals surface area contributed by atoms with Crippen molar-refractivity contribution in [3.05, 3.63) is 131 Å². The van der Waals surface area contributed by atoms with E-state index in [9.17, 15) is 4.79 Å². The van der Waals surface area contributed by atoms with Gasteiger partial charge in [0.1, 0.15) is 13.2 Å². The second-order valence-corrected chi connectivity index (χ2v) is 10.2. The van der Waals surface area contributed by atoms with E-state index in [-0.39, 0.29) is 5.91 Å². The van der Waals surface area contributed by atoms with Gasteiger partial charge in [-0.05, 0) is 73.2 Å². The van der Waals surface area contributed by atoms with Crippen LogP contribution in [0, 0.1) is 0 Å². The van der Waals surface area contributed by atoms with E-state index in [0.29, 0.717) is 37.7 Å². The molecule has 214 valence electrons. The predicted octanol–water partition coefficient (Wildman–Crippen LogP) is 6.90. The van der Waals surface area contributed by atoms with Crippen molar-refractivity contribution < 1.29 is 14.3 Å². The molecule has 0 spiro atoms. The molecule has 0 aliphatic rings. The Kier molecular flexibility index (Phi) is 12.8. The fourth-order valence-corrected chi connectivity index (χ4v) is 4.56. The molecule has 0 saturated heterocycles. The Balaban J connectivity index is 1.15. The van der Waals surface area contributed by atoms with Gasteiger partial charge in [-0.15, -0.1) is 0 Å². The maximum atomic E-state index is 12.4. The molecule has 0 atom stereocenters. The zero-order chi connectivity index (χ0) is 28.4. The minimum absolute atomic E-state index is 0.116. The Morgan fingerprint density at radius 1 is 0.537 bits per heavy atom. The lowest BCUT2D eigenvalue weighted by Crippen LogP contribution is -2.25. The zero-order valence-corrected chi connectivity index (χ0v) is 23.9. The second-order valence-electron chi connectivity index (χ2n) is 10.2. The van der Waals surface area contributed by atoms with E-state index in [1.54, 1.807) is 0 Å². The summed E-state index contributed by atoms with van der Waals surface area (Å²) < 4.78 is 12.3. The van der Waals surface area contributed by atoms with Crippen LogP contribution in [0.5, 0.6) is 11.5 Å². The highest BCUT2D eigenvalue weighted by Crippen LogP contribution is 2.30. The molecule has 0 radical (unpaired) electrons. The van der Waals surface area contributed by atoms with E-state index < -0.39 is 0 Å². The molecule has 5 heteroatoms. The van der Waals surface area contributed by atoms with E-state index in [0.717, 1.165) is 61.9 Å². The molecular weight excluding hydrogens is 508 g/mol. The van der Waals surface area contributed by atoms with Crippen LogP contribution in [0.25, 0.3) is 0 Å². The van der Waals surface area contributed by atoms with E-state index in [1.807, 2.05) is 84.9 Å². The van der Waals surface area contributed by atoms with Crippen LogP contribution in [-0.4, -0.2) is 25.5 Å². The van der Waals surface area contributed by atoms with Gasteiger partial charge in [-0.25, -0.2) is 0 Å². The van der Waals surface area contributed by atoms with E-state index >= 15 is 0 Å². The highest BCUT2D eigenvalue weighted by molar-refractivity contribution is 5.75.